The zero-order chi connectivity index (χ0) is 24.7. The fourth-order valence-corrected chi connectivity index (χ4v) is 5.67. The van der Waals surface area contributed by atoms with Crippen LogP contribution in [0.5, 0.6) is 5.75 Å². The molecule has 6 nitrogen and oxygen atoms in total. The van der Waals surface area contributed by atoms with Crippen molar-refractivity contribution in [3.63, 3.8) is 0 Å². The second-order valence-electron chi connectivity index (χ2n) is 8.52. The van der Waals surface area contributed by atoms with E-state index in [9.17, 15) is 13.2 Å². The Morgan fingerprint density at radius 3 is 2.57 bits per heavy atom. The van der Waals surface area contributed by atoms with Gasteiger partial charge in [0.2, 0.25) is 5.56 Å². The van der Waals surface area contributed by atoms with Crippen LogP contribution in [-0.4, -0.2) is 36.2 Å². The molecule has 184 valence electrons. The van der Waals surface area contributed by atoms with Crippen LogP contribution in [0, 0.1) is 0 Å². The molecule has 35 heavy (non-hydrogen) atoms. The molecule has 0 atom stereocenters. The molecule has 2 aromatic carbocycles. The van der Waals surface area contributed by atoms with Crippen LogP contribution < -0.4 is 10.3 Å². The van der Waals surface area contributed by atoms with Crippen LogP contribution >= 0.6 is 11.6 Å². The lowest BCUT2D eigenvalue weighted by Gasteiger charge is -2.10. The molecule has 0 amide bonds. The maximum absolute atomic E-state index is 12.7. The average Bonchev–Trinajstić information content (AvgIpc) is 3.26. The molecule has 0 unspecified atom stereocenters. The lowest BCUT2D eigenvalue weighted by atomic mass is 10.2. The van der Waals surface area contributed by atoms with Crippen LogP contribution in [0.4, 0.5) is 0 Å². The Hall–Kier alpha value is -3.03. The van der Waals surface area contributed by atoms with E-state index in [0.717, 1.165) is 47.2 Å². The van der Waals surface area contributed by atoms with E-state index >= 15 is 0 Å². The van der Waals surface area contributed by atoms with Crippen LogP contribution in [0.3, 0.4) is 0 Å². The monoisotopic (exact) mass is 512 g/mol. The first-order valence-electron chi connectivity index (χ1n) is 11.7. The number of aryl methyl sites for hydroxylation is 1. The normalized spacial score (nSPS) is 11.7. The summed E-state index contributed by atoms with van der Waals surface area (Å²) in [6.07, 6.45) is 4.63. The van der Waals surface area contributed by atoms with Gasteiger partial charge in [-0.25, -0.2) is 8.42 Å². The lowest BCUT2D eigenvalue weighted by molar-refractivity contribution is 0.307. The van der Waals surface area contributed by atoms with Crippen LogP contribution in [0.2, 0.25) is 0 Å². The van der Waals surface area contributed by atoms with Gasteiger partial charge in [-0.15, -0.1) is 11.6 Å². The largest absolute Gasteiger partial charge is 0.494 e. The molecule has 0 aliphatic rings. The topological polar surface area (TPSA) is 81.2 Å². The molecule has 4 aromatic rings. The van der Waals surface area contributed by atoms with Crippen LogP contribution in [-0.2, 0) is 22.8 Å². The van der Waals surface area contributed by atoms with Crippen molar-refractivity contribution < 1.29 is 13.2 Å². The quantitative estimate of drug-likeness (QED) is 0.209. The molecule has 2 heterocycles. The van der Waals surface area contributed by atoms with Gasteiger partial charge >= 0.3 is 0 Å². The van der Waals surface area contributed by atoms with Crippen molar-refractivity contribution >= 4 is 32.3 Å². The summed E-state index contributed by atoms with van der Waals surface area (Å²) >= 11 is 5.72. The molecule has 2 aromatic heterocycles. The van der Waals surface area contributed by atoms with Crippen LogP contribution in [0.15, 0.2) is 82.6 Å². The molecule has 0 saturated carbocycles. The number of aromatic nitrogens is 2. The SMILES string of the molecule is O=c1ccc2cc(OCCCCc3cc(S(=O)(=O)CCCCl)cn3Cc3ccccc3)ccc2[nH]1. The minimum Gasteiger partial charge on any atom is -0.494 e. The highest BCUT2D eigenvalue weighted by Crippen LogP contribution is 2.21. The van der Waals surface area contributed by atoms with E-state index in [2.05, 4.69) is 4.98 Å². The van der Waals surface area contributed by atoms with Gasteiger partial charge in [0.1, 0.15) is 5.75 Å². The molecule has 0 spiro atoms. The second kappa shape index (κ2) is 11.6. The van der Waals surface area contributed by atoms with E-state index in [1.54, 1.807) is 18.3 Å². The summed E-state index contributed by atoms with van der Waals surface area (Å²) in [6, 6.07) is 20.7. The number of unbranched alkanes of at least 4 members (excludes halogenated alkanes) is 1. The number of rotatable bonds is 12. The predicted octanol–water partition coefficient (Wildman–Crippen LogP) is 5.18. The maximum Gasteiger partial charge on any atom is 0.248 e. The Morgan fingerprint density at radius 1 is 0.943 bits per heavy atom. The molecule has 0 bridgehead atoms. The number of nitrogens with one attached hydrogen (secondary N) is 1. The minimum atomic E-state index is -3.36. The number of halogens is 1. The van der Waals surface area contributed by atoms with Crippen molar-refractivity contribution in [3.05, 3.63) is 94.5 Å². The molecular weight excluding hydrogens is 484 g/mol. The third kappa shape index (κ3) is 6.77. The number of alkyl halides is 1. The Balaban J connectivity index is 1.39. The number of pyridine rings is 1. The summed E-state index contributed by atoms with van der Waals surface area (Å²) in [7, 11) is -3.36. The van der Waals surface area contributed by atoms with Gasteiger partial charge in [0.05, 0.1) is 17.3 Å². The van der Waals surface area contributed by atoms with Crippen molar-refractivity contribution in [1.82, 2.24) is 9.55 Å². The Labute approximate surface area is 210 Å². The molecular formula is C27H29ClN2O4S. The summed E-state index contributed by atoms with van der Waals surface area (Å²) in [6.45, 7) is 1.17. The fraction of sp³-hybridized carbons (Fsp3) is 0.296. The van der Waals surface area contributed by atoms with Gasteiger partial charge in [-0.3, -0.25) is 4.79 Å². The third-order valence-electron chi connectivity index (χ3n) is 5.85. The van der Waals surface area contributed by atoms with Gasteiger partial charge in [0.15, 0.2) is 9.84 Å². The van der Waals surface area contributed by atoms with Crippen molar-refractivity contribution in [2.45, 2.75) is 37.1 Å². The van der Waals surface area contributed by atoms with Crippen LogP contribution in [0.25, 0.3) is 10.9 Å². The number of nitrogens with zero attached hydrogens (tertiary/aromatic N) is 1. The summed E-state index contributed by atoms with van der Waals surface area (Å²) in [5, 5.41) is 0.920. The molecule has 0 aliphatic carbocycles. The molecule has 0 aliphatic heterocycles. The first kappa shape index (κ1) is 25.1. The first-order valence-corrected chi connectivity index (χ1v) is 13.9. The predicted molar refractivity (Wildman–Crippen MR) is 140 cm³/mol. The summed E-state index contributed by atoms with van der Waals surface area (Å²) < 4.78 is 33.4. The second-order valence-corrected chi connectivity index (χ2v) is 11.0. The molecule has 1 N–H and O–H groups in total. The number of fused-ring (bicyclic) bond motifs is 1. The van der Waals surface area contributed by atoms with Gasteiger partial charge in [-0.1, -0.05) is 30.3 Å². The van der Waals surface area contributed by atoms with E-state index < -0.39 is 9.84 Å². The average molecular weight is 513 g/mol. The Morgan fingerprint density at radius 2 is 1.77 bits per heavy atom. The standard InChI is InChI=1S/C27H29ClN2O4S/c28-14-6-16-35(32,33)25-18-23(30(20-25)19-21-7-2-1-3-8-21)9-4-5-15-34-24-11-12-26-22(17-24)10-13-27(31)29-26/h1-3,7-8,10-13,17-18,20H,4-6,9,14-16,19H2,(H,29,31). The van der Waals surface area contributed by atoms with Crippen molar-refractivity contribution in [1.29, 1.82) is 0 Å². The minimum absolute atomic E-state index is 0.0543. The Bertz CT molecular complexity index is 1430. The van der Waals surface area contributed by atoms with E-state index in [0.29, 0.717) is 30.3 Å². The van der Waals surface area contributed by atoms with E-state index in [-0.39, 0.29) is 11.3 Å². The zero-order valence-electron chi connectivity index (χ0n) is 19.5. The number of hydrogen-bond acceptors (Lipinski definition) is 4. The lowest BCUT2D eigenvalue weighted by Crippen LogP contribution is -2.06. The van der Waals surface area contributed by atoms with Gasteiger partial charge < -0.3 is 14.3 Å². The summed E-state index contributed by atoms with van der Waals surface area (Å²) in [5.41, 5.74) is 2.77. The highest BCUT2D eigenvalue weighted by molar-refractivity contribution is 7.91. The summed E-state index contributed by atoms with van der Waals surface area (Å²) in [4.78, 5) is 14.6. The Kier molecular flexibility index (Phi) is 8.31. The van der Waals surface area contributed by atoms with Gasteiger partial charge in [-0.2, -0.15) is 0 Å². The number of ether oxygens (including phenoxy) is 1. The highest BCUT2D eigenvalue weighted by Gasteiger charge is 2.18. The number of H-pyrrole nitrogens is 1. The number of sulfone groups is 1. The molecule has 8 heteroatoms. The van der Waals surface area contributed by atoms with E-state index in [1.165, 1.54) is 6.07 Å². The highest BCUT2D eigenvalue weighted by atomic mass is 35.5. The van der Waals surface area contributed by atoms with Crippen molar-refractivity contribution in [2.24, 2.45) is 0 Å². The van der Waals surface area contributed by atoms with Crippen molar-refractivity contribution in [2.75, 3.05) is 18.2 Å². The first-order chi connectivity index (χ1) is 16.9. The molecule has 4 rings (SSSR count). The fourth-order valence-electron chi connectivity index (χ4n) is 4.02. The molecule has 0 radical (unpaired) electrons. The van der Waals surface area contributed by atoms with E-state index in [1.807, 2.05) is 53.1 Å². The number of hydrogen-bond donors (Lipinski definition) is 1. The number of benzene rings is 2. The summed E-state index contributed by atoms with van der Waals surface area (Å²) in [5.74, 6) is 1.13. The van der Waals surface area contributed by atoms with Crippen molar-refractivity contribution in [3.8, 4) is 5.75 Å². The molecule has 0 saturated heterocycles. The zero-order valence-corrected chi connectivity index (χ0v) is 21.0. The number of aromatic amines is 1. The van der Waals surface area contributed by atoms with Gasteiger partial charge in [-0.05, 0) is 61.6 Å². The maximum atomic E-state index is 12.7. The van der Waals surface area contributed by atoms with Gasteiger partial charge in [0, 0.05) is 41.3 Å². The smallest absolute Gasteiger partial charge is 0.248 e. The van der Waals surface area contributed by atoms with Crippen LogP contribution in [0.1, 0.15) is 30.5 Å². The molecule has 0 fully saturated rings. The van der Waals surface area contributed by atoms with Gasteiger partial charge in [0.25, 0.3) is 0 Å². The van der Waals surface area contributed by atoms with E-state index in [4.69, 9.17) is 16.3 Å². The third-order valence-corrected chi connectivity index (χ3v) is 7.89.